The molecule has 1 N–H and O–H groups in total. The third-order valence-electron chi connectivity index (χ3n) is 2.65. The number of rotatable bonds is 2. The Hall–Kier alpha value is -1.32. The van der Waals surface area contributed by atoms with E-state index in [-0.39, 0.29) is 11.8 Å². The Kier molecular flexibility index (Phi) is 3.50. The van der Waals surface area contributed by atoms with E-state index in [0.717, 1.165) is 5.57 Å². The SMILES string of the molecule is CC(C)=CC(=O)N1C[C@@H](C)[C@H](C(=O)O)C1. The van der Waals surface area contributed by atoms with Crippen molar-refractivity contribution >= 4 is 11.9 Å². The van der Waals surface area contributed by atoms with Crippen LogP contribution in [0.1, 0.15) is 20.8 Å². The van der Waals surface area contributed by atoms with Crippen molar-refractivity contribution in [3.63, 3.8) is 0 Å². The lowest BCUT2D eigenvalue weighted by Gasteiger charge is -2.13. The van der Waals surface area contributed by atoms with E-state index in [0.29, 0.717) is 13.1 Å². The maximum atomic E-state index is 11.6. The van der Waals surface area contributed by atoms with E-state index in [1.165, 1.54) is 0 Å². The fourth-order valence-corrected chi connectivity index (χ4v) is 1.81. The minimum absolute atomic E-state index is 0.0389. The molecule has 0 aliphatic carbocycles. The van der Waals surface area contributed by atoms with Crippen LogP contribution in [0, 0.1) is 11.8 Å². The molecule has 1 fully saturated rings. The normalized spacial score (nSPS) is 25.1. The zero-order valence-corrected chi connectivity index (χ0v) is 9.36. The van der Waals surface area contributed by atoms with E-state index in [1.807, 2.05) is 20.8 Å². The molecule has 0 radical (unpaired) electrons. The highest BCUT2D eigenvalue weighted by Crippen LogP contribution is 2.23. The Bertz CT molecular complexity index is 305. The molecule has 0 aromatic rings. The molecule has 1 rings (SSSR count). The van der Waals surface area contributed by atoms with Gasteiger partial charge < -0.3 is 10.0 Å². The Balaban J connectivity index is 2.66. The highest BCUT2D eigenvalue weighted by molar-refractivity contribution is 5.89. The number of carboxylic acid groups (broad SMARTS) is 1. The molecule has 15 heavy (non-hydrogen) atoms. The molecule has 1 heterocycles. The number of nitrogens with zero attached hydrogens (tertiary/aromatic N) is 1. The molecule has 4 nitrogen and oxygen atoms in total. The second kappa shape index (κ2) is 4.47. The van der Waals surface area contributed by atoms with Gasteiger partial charge in [-0.15, -0.1) is 0 Å². The van der Waals surface area contributed by atoms with Crippen LogP contribution in [0.15, 0.2) is 11.6 Å². The number of carbonyl (C=O) groups excluding carboxylic acids is 1. The average Bonchev–Trinajstić information content (AvgIpc) is 2.46. The summed E-state index contributed by atoms with van der Waals surface area (Å²) in [4.78, 5) is 24.1. The van der Waals surface area contributed by atoms with Crippen LogP contribution in [-0.2, 0) is 9.59 Å². The number of likely N-dealkylation sites (tertiary alicyclic amines) is 1. The van der Waals surface area contributed by atoms with Gasteiger partial charge >= 0.3 is 5.97 Å². The summed E-state index contributed by atoms with van der Waals surface area (Å²) in [6.45, 7) is 6.45. The molecule has 0 aromatic carbocycles. The minimum Gasteiger partial charge on any atom is -0.481 e. The highest BCUT2D eigenvalue weighted by Gasteiger charge is 2.36. The van der Waals surface area contributed by atoms with Gasteiger partial charge in [0, 0.05) is 19.2 Å². The maximum absolute atomic E-state index is 11.6. The second-order valence-electron chi connectivity index (χ2n) is 4.39. The third kappa shape index (κ3) is 2.81. The fourth-order valence-electron chi connectivity index (χ4n) is 1.81. The molecule has 0 bridgehead atoms. The van der Waals surface area contributed by atoms with Gasteiger partial charge in [0.05, 0.1) is 5.92 Å². The van der Waals surface area contributed by atoms with Crippen molar-refractivity contribution in [3.05, 3.63) is 11.6 Å². The first-order valence-corrected chi connectivity index (χ1v) is 5.08. The van der Waals surface area contributed by atoms with Crippen LogP contribution in [0.4, 0.5) is 0 Å². The Morgan fingerprint density at radius 1 is 1.33 bits per heavy atom. The topological polar surface area (TPSA) is 57.6 Å². The summed E-state index contributed by atoms with van der Waals surface area (Å²) in [6, 6.07) is 0. The first-order chi connectivity index (χ1) is 6.91. The maximum Gasteiger partial charge on any atom is 0.308 e. The molecule has 1 saturated heterocycles. The number of allylic oxidation sites excluding steroid dienone is 1. The monoisotopic (exact) mass is 211 g/mol. The number of hydrogen-bond acceptors (Lipinski definition) is 2. The van der Waals surface area contributed by atoms with Crippen molar-refractivity contribution < 1.29 is 14.7 Å². The predicted octanol–water partition coefficient (Wildman–Crippen LogP) is 1.13. The molecule has 2 atom stereocenters. The molecule has 1 amide bonds. The molecule has 0 aromatic heterocycles. The van der Waals surface area contributed by atoms with Crippen molar-refractivity contribution in [1.82, 2.24) is 4.90 Å². The predicted molar refractivity (Wildman–Crippen MR) is 56.3 cm³/mol. The number of aliphatic carboxylic acids is 1. The van der Waals surface area contributed by atoms with Gasteiger partial charge in [0.15, 0.2) is 0 Å². The number of amides is 1. The zero-order chi connectivity index (χ0) is 11.6. The summed E-state index contributed by atoms with van der Waals surface area (Å²) in [5, 5.41) is 8.91. The van der Waals surface area contributed by atoms with E-state index in [4.69, 9.17) is 5.11 Å². The van der Waals surface area contributed by atoms with Gasteiger partial charge in [-0.25, -0.2) is 0 Å². The van der Waals surface area contributed by atoms with Crippen LogP contribution in [0.5, 0.6) is 0 Å². The molecular weight excluding hydrogens is 194 g/mol. The van der Waals surface area contributed by atoms with Gasteiger partial charge in [0.25, 0.3) is 0 Å². The van der Waals surface area contributed by atoms with E-state index < -0.39 is 11.9 Å². The van der Waals surface area contributed by atoms with E-state index in [2.05, 4.69) is 0 Å². The lowest BCUT2D eigenvalue weighted by Crippen LogP contribution is -2.28. The number of carbonyl (C=O) groups is 2. The van der Waals surface area contributed by atoms with Crippen LogP contribution in [-0.4, -0.2) is 35.0 Å². The van der Waals surface area contributed by atoms with Crippen LogP contribution < -0.4 is 0 Å². The van der Waals surface area contributed by atoms with Gasteiger partial charge in [-0.1, -0.05) is 12.5 Å². The standard InChI is InChI=1S/C11H17NO3/c1-7(2)4-10(13)12-5-8(3)9(6-12)11(14)15/h4,8-9H,5-6H2,1-3H3,(H,14,15)/t8-,9-/m1/s1. The van der Waals surface area contributed by atoms with Crippen LogP contribution in [0.25, 0.3) is 0 Å². The van der Waals surface area contributed by atoms with E-state index >= 15 is 0 Å². The van der Waals surface area contributed by atoms with Crippen molar-refractivity contribution in [2.45, 2.75) is 20.8 Å². The van der Waals surface area contributed by atoms with Gasteiger partial charge in [0.1, 0.15) is 0 Å². The third-order valence-corrected chi connectivity index (χ3v) is 2.65. The molecule has 4 heteroatoms. The Labute approximate surface area is 89.6 Å². The van der Waals surface area contributed by atoms with E-state index in [1.54, 1.807) is 11.0 Å². The first-order valence-electron chi connectivity index (χ1n) is 5.08. The molecule has 1 aliphatic rings. The Morgan fingerprint density at radius 2 is 1.93 bits per heavy atom. The molecule has 0 spiro atoms. The second-order valence-corrected chi connectivity index (χ2v) is 4.39. The van der Waals surface area contributed by atoms with Gasteiger partial charge in [-0.05, 0) is 19.8 Å². The quantitative estimate of drug-likeness (QED) is 0.697. The minimum atomic E-state index is -0.810. The first kappa shape index (κ1) is 11.8. The van der Waals surface area contributed by atoms with Gasteiger partial charge in [0.2, 0.25) is 5.91 Å². The Morgan fingerprint density at radius 3 is 2.33 bits per heavy atom. The summed E-state index contributed by atoms with van der Waals surface area (Å²) >= 11 is 0. The van der Waals surface area contributed by atoms with Crippen LogP contribution in [0.3, 0.4) is 0 Å². The molecular formula is C11H17NO3. The van der Waals surface area contributed by atoms with Crippen molar-refractivity contribution in [2.75, 3.05) is 13.1 Å². The largest absolute Gasteiger partial charge is 0.481 e. The summed E-state index contributed by atoms with van der Waals surface area (Å²) in [6.07, 6.45) is 1.55. The van der Waals surface area contributed by atoms with Gasteiger partial charge in [-0.2, -0.15) is 0 Å². The molecule has 84 valence electrons. The zero-order valence-electron chi connectivity index (χ0n) is 9.36. The lowest BCUT2D eigenvalue weighted by atomic mass is 9.99. The molecule has 0 saturated carbocycles. The van der Waals surface area contributed by atoms with E-state index in [9.17, 15) is 9.59 Å². The summed E-state index contributed by atoms with van der Waals surface area (Å²) < 4.78 is 0. The van der Waals surface area contributed by atoms with Crippen molar-refractivity contribution in [1.29, 1.82) is 0 Å². The summed E-state index contributed by atoms with van der Waals surface area (Å²) in [7, 11) is 0. The molecule has 1 aliphatic heterocycles. The number of hydrogen-bond donors (Lipinski definition) is 1. The van der Waals surface area contributed by atoms with Crippen molar-refractivity contribution in [2.24, 2.45) is 11.8 Å². The van der Waals surface area contributed by atoms with Crippen molar-refractivity contribution in [3.8, 4) is 0 Å². The van der Waals surface area contributed by atoms with Gasteiger partial charge in [-0.3, -0.25) is 9.59 Å². The smallest absolute Gasteiger partial charge is 0.308 e. The highest BCUT2D eigenvalue weighted by atomic mass is 16.4. The average molecular weight is 211 g/mol. The van der Waals surface area contributed by atoms with Crippen LogP contribution in [0.2, 0.25) is 0 Å². The summed E-state index contributed by atoms with van der Waals surface area (Å²) in [5.41, 5.74) is 0.937. The number of carboxylic acids is 1. The fraction of sp³-hybridized carbons (Fsp3) is 0.636. The van der Waals surface area contributed by atoms with Crippen LogP contribution >= 0.6 is 0 Å². The molecule has 0 unspecified atom stereocenters. The lowest BCUT2D eigenvalue weighted by molar-refractivity contribution is -0.142. The summed E-state index contributed by atoms with van der Waals surface area (Å²) in [5.74, 6) is -1.27.